The van der Waals surface area contributed by atoms with Gasteiger partial charge in [0.15, 0.2) is 5.82 Å². The molecule has 146 valence electrons. The fourth-order valence-corrected chi connectivity index (χ4v) is 2.42. The van der Waals surface area contributed by atoms with Crippen LogP contribution in [0.25, 0.3) is 5.76 Å². The second-order valence-corrected chi connectivity index (χ2v) is 5.89. The van der Waals surface area contributed by atoms with Crippen molar-refractivity contribution in [1.82, 2.24) is 0 Å². The average Bonchev–Trinajstić information content (AvgIpc) is 2.57. The minimum atomic E-state index is -1.94. The van der Waals surface area contributed by atoms with Gasteiger partial charge in [0.1, 0.15) is 22.7 Å². The van der Waals surface area contributed by atoms with Gasteiger partial charge in [-0.25, -0.2) is 13.6 Å². The molecule has 0 unspecified atom stereocenters. The fourth-order valence-electron chi connectivity index (χ4n) is 2.42. The summed E-state index contributed by atoms with van der Waals surface area (Å²) in [6.45, 7) is 2.22. The van der Waals surface area contributed by atoms with Crippen molar-refractivity contribution in [3.8, 4) is 0 Å². The Morgan fingerprint density at radius 3 is 2.44 bits per heavy atom. The van der Waals surface area contributed by atoms with Crippen molar-refractivity contribution in [2.45, 2.75) is 39.2 Å². The van der Waals surface area contributed by atoms with Crippen molar-refractivity contribution >= 4 is 23.6 Å². The van der Waals surface area contributed by atoms with E-state index in [1.807, 2.05) is 0 Å². The predicted molar refractivity (Wildman–Crippen MR) is 90.0 cm³/mol. The molecule has 1 N–H and O–H groups in total. The molecule has 1 aromatic carbocycles. The van der Waals surface area contributed by atoms with Gasteiger partial charge in [0.2, 0.25) is 5.82 Å². The molecule has 0 bridgehead atoms. The van der Waals surface area contributed by atoms with E-state index in [1.54, 1.807) is 0 Å². The number of hydrogen-bond acceptors (Lipinski definition) is 6. The number of halogens is 3. The number of carbonyl (C=O) groups excluding carboxylic acids is 1. The summed E-state index contributed by atoms with van der Waals surface area (Å²) in [6, 6.07) is -0.117. The molecule has 0 radical (unpaired) electrons. The molecular weight excluding hydrogens is 369 g/mol. The molecule has 1 aliphatic carbocycles. The summed E-state index contributed by atoms with van der Waals surface area (Å²) in [5.74, 6) is -7.63. The molecule has 0 aliphatic heterocycles. The Morgan fingerprint density at radius 1 is 1.33 bits per heavy atom. The number of nitro benzene ring substituents is 1. The van der Waals surface area contributed by atoms with Crippen LogP contribution in [0.4, 0.5) is 18.9 Å². The molecule has 0 spiro atoms. The molecule has 0 amide bonds. The number of aliphatic imine (C=N–C) groups is 1. The summed E-state index contributed by atoms with van der Waals surface area (Å²) >= 11 is 0. The first-order valence-corrected chi connectivity index (χ1v) is 8.15. The molecule has 27 heavy (non-hydrogen) atoms. The molecule has 0 heterocycles. The zero-order valence-corrected chi connectivity index (χ0v) is 14.6. The van der Waals surface area contributed by atoms with Crippen LogP contribution in [0.3, 0.4) is 0 Å². The molecule has 1 saturated carbocycles. The van der Waals surface area contributed by atoms with E-state index in [9.17, 15) is 33.2 Å². The molecule has 1 aliphatic rings. The third-order valence-corrected chi connectivity index (χ3v) is 4.17. The van der Waals surface area contributed by atoms with Crippen LogP contribution in [-0.4, -0.2) is 34.9 Å². The first-order valence-electron chi connectivity index (χ1n) is 8.15. The van der Waals surface area contributed by atoms with Gasteiger partial charge in [0.05, 0.1) is 11.5 Å². The third kappa shape index (κ3) is 3.93. The highest BCUT2D eigenvalue weighted by Crippen LogP contribution is 2.35. The van der Waals surface area contributed by atoms with E-state index in [2.05, 4.69) is 4.99 Å². The van der Waals surface area contributed by atoms with Gasteiger partial charge in [-0.2, -0.15) is 4.39 Å². The molecule has 0 atom stereocenters. The van der Waals surface area contributed by atoms with Crippen molar-refractivity contribution < 1.29 is 32.7 Å². The van der Waals surface area contributed by atoms with Crippen molar-refractivity contribution in [2.24, 2.45) is 4.99 Å². The monoisotopic (exact) mass is 386 g/mol. The number of nitro groups is 1. The van der Waals surface area contributed by atoms with Crippen LogP contribution in [-0.2, 0) is 9.53 Å². The Kier molecular flexibility index (Phi) is 6.19. The van der Waals surface area contributed by atoms with E-state index in [0.717, 1.165) is 32.4 Å². The minimum absolute atomic E-state index is 0.103. The number of aliphatic hydroxyl groups excluding tert-OH is 1. The van der Waals surface area contributed by atoms with Crippen LogP contribution in [0.2, 0.25) is 0 Å². The number of ether oxygens (including phenoxy) is 1. The highest BCUT2D eigenvalue weighted by Gasteiger charge is 2.35. The van der Waals surface area contributed by atoms with Gasteiger partial charge in [-0.05, 0) is 33.1 Å². The lowest BCUT2D eigenvalue weighted by atomic mass is 9.94. The Morgan fingerprint density at radius 2 is 1.96 bits per heavy atom. The maximum absolute atomic E-state index is 14.5. The summed E-state index contributed by atoms with van der Waals surface area (Å²) in [5, 5.41) is 21.5. The average molecular weight is 386 g/mol. The summed E-state index contributed by atoms with van der Waals surface area (Å²) in [6.07, 6.45) is 3.32. The highest BCUT2D eigenvalue weighted by molar-refractivity contribution is 6.15. The Labute approximate surface area is 152 Å². The number of esters is 1. The van der Waals surface area contributed by atoms with Crippen molar-refractivity contribution in [3.63, 3.8) is 0 Å². The van der Waals surface area contributed by atoms with Gasteiger partial charge in [0, 0.05) is 17.8 Å². The first-order chi connectivity index (χ1) is 12.7. The second-order valence-electron chi connectivity index (χ2n) is 5.89. The Bertz CT molecular complexity index is 848. The van der Waals surface area contributed by atoms with Crippen molar-refractivity contribution in [1.29, 1.82) is 0 Å². The van der Waals surface area contributed by atoms with Crippen LogP contribution < -0.4 is 0 Å². The highest BCUT2D eigenvalue weighted by atomic mass is 19.2. The lowest BCUT2D eigenvalue weighted by Gasteiger charge is -2.20. The number of benzene rings is 1. The summed E-state index contributed by atoms with van der Waals surface area (Å²) in [4.78, 5) is 25.9. The van der Waals surface area contributed by atoms with Crippen molar-refractivity contribution in [3.05, 3.63) is 44.3 Å². The van der Waals surface area contributed by atoms with E-state index in [0.29, 0.717) is 0 Å². The maximum Gasteiger partial charge on any atom is 0.343 e. The van der Waals surface area contributed by atoms with E-state index in [4.69, 9.17) is 4.74 Å². The third-order valence-electron chi connectivity index (χ3n) is 4.17. The maximum atomic E-state index is 14.5. The largest absolute Gasteiger partial charge is 0.506 e. The van der Waals surface area contributed by atoms with E-state index in [-0.39, 0.29) is 12.6 Å². The number of hydrogen-bond donors (Lipinski definition) is 1. The Hall–Kier alpha value is -2.91. The normalized spacial score (nSPS) is 15.4. The van der Waals surface area contributed by atoms with E-state index < -0.39 is 56.5 Å². The lowest BCUT2D eigenvalue weighted by Crippen LogP contribution is -2.18. The SMILES string of the molecule is CCOC(=O)C(C=NC1CCC1)=C(O)c1c(F)c(C)c(F)c(F)c1[N+](=O)[O-]. The van der Waals surface area contributed by atoms with Crippen LogP contribution in [0.1, 0.15) is 37.3 Å². The van der Waals surface area contributed by atoms with Gasteiger partial charge in [-0.15, -0.1) is 0 Å². The van der Waals surface area contributed by atoms with Gasteiger partial charge in [-0.1, -0.05) is 0 Å². The first kappa shape index (κ1) is 20.4. The van der Waals surface area contributed by atoms with E-state index in [1.165, 1.54) is 6.92 Å². The molecule has 1 aromatic rings. The smallest absolute Gasteiger partial charge is 0.343 e. The van der Waals surface area contributed by atoms with Gasteiger partial charge in [-0.3, -0.25) is 15.1 Å². The summed E-state index contributed by atoms with van der Waals surface area (Å²) < 4.78 is 47.0. The molecule has 0 saturated heterocycles. The summed E-state index contributed by atoms with van der Waals surface area (Å²) in [5.41, 5.74) is -4.42. The molecule has 7 nitrogen and oxygen atoms in total. The second kappa shape index (κ2) is 8.19. The topological polar surface area (TPSA) is 102 Å². The molecule has 10 heteroatoms. The van der Waals surface area contributed by atoms with Gasteiger partial charge in [0.25, 0.3) is 0 Å². The van der Waals surface area contributed by atoms with Crippen LogP contribution in [0, 0.1) is 34.5 Å². The number of rotatable bonds is 6. The number of nitrogens with zero attached hydrogens (tertiary/aromatic N) is 2. The molecule has 1 fully saturated rings. The summed E-state index contributed by atoms with van der Waals surface area (Å²) in [7, 11) is 0. The molecule has 2 rings (SSSR count). The quantitative estimate of drug-likeness (QED) is 0.152. The Balaban J connectivity index is 2.74. The standard InChI is InChI=1S/C17H17F3N2O5/c1-3-27-17(24)10(7-21-9-5-4-6-9)16(23)11-12(18)8(2)13(19)14(20)15(11)22(25)26/h7,9,23H,3-6H2,1-2H3. The molecular formula is C17H17F3N2O5. The van der Waals surface area contributed by atoms with Crippen LogP contribution in [0.5, 0.6) is 0 Å². The van der Waals surface area contributed by atoms with E-state index >= 15 is 0 Å². The number of aliphatic hydroxyl groups is 1. The van der Waals surface area contributed by atoms with Crippen LogP contribution in [0.15, 0.2) is 10.6 Å². The fraction of sp³-hybridized carbons (Fsp3) is 0.412. The van der Waals surface area contributed by atoms with Gasteiger partial charge >= 0.3 is 11.7 Å². The van der Waals surface area contributed by atoms with Gasteiger partial charge < -0.3 is 9.84 Å². The zero-order chi connectivity index (χ0) is 20.3. The number of carbonyl (C=O) groups is 1. The van der Waals surface area contributed by atoms with Crippen molar-refractivity contribution in [2.75, 3.05) is 6.61 Å². The lowest BCUT2D eigenvalue weighted by molar-refractivity contribution is -0.388. The zero-order valence-electron chi connectivity index (χ0n) is 14.6. The minimum Gasteiger partial charge on any atom is -0.506 e. The predicted octanol–water partition coefficient (Wildman–Crippen LogP) is 3.78. The molecule has 0 aromatic heterocycles. The van der Waals surface area contributed by atoms with Crippen LogP contribution >= 0.6 is 0 Å².